The molecule has 1 saturated carbocycles. The van der Waals surface area contributed by atoms with Gasteiger partial charge < -0.3 is 0 Å². The third-order valence-corrected chi connectivity index (χ3v) is 7.07. The van der Waals surface area contributed by atoms with Crippen LogP contribution in [0.5, 0.6) is 0 Å². The summed E-state index contributed by atoms with van der Waals surface area (Å²) in [6, 6.07) is 6.07. The highest BCUT2D eigenvalue weighted by Gasteiger charge is 2.39. The molecule has 2 aromatic rings. The molecule has 1 fully saturated rings. The number of hydrogen-bond donors (Lipinski definition) is 0. The topological polar surface area (TPSA) is 80.5 Å². The Morgan fingerprint density at radius 3 is 2.67 bits per heavy atom. The van der Waals surface area contributed by atoms with E-state index in [1.54, 1.807) is 0 Å². The number of thiophene rings is 1. The molecule has 0 atom stereocenters. The zero-order valence-corrected chi connectivity index (χ0v) is 15.2. The van der Waals surface area contributed by atoms with Crippen LogP contribution in [0, 0.1) is 17.0 Å². The van der Waals surface area contributed by atoms with Gasteiger partial charge in [-0.25, -0.2) is 8.42 Å². The van der Waals surface area contributed by atoms with Gasteiger partial charge >= 0.3 is 0 Å². The molecule has 0 N–H and O–H groups in total. The van der Waals surface area contributed by atoms with Crippen LogP contribution < -0.4 is 0 Å². The second kappa shape index (κ2) is 6.44. The lowest BCUT2D eigenvalue weighted by molar-refractivity contribution is -0.385. The van der Waals surface area contributed by atoms with Crippen molar-refractivity contribution in [3.8, 4) is 0 Å². The quantitative estimate of drug-likeness (QED) is 0.555. The first-order valence-electron chi connectivity index (χ1n) is 7.29. The van der Waals surface area contributed by atoms with E-state index in [-0.39, 0.29) is 33.8 Å². The number of hydrogen-bond acceptors (Lipinski definition) is 5. The molecule has 1 aromatic heterocycles. The van der Waals surface area contributed by atoms with Gasteiger partial charge in [0.1, 0.15) is 0 Å². The summed E-state index contributed by atoms with van der Waals surface area (Å²) in [4.78, 5) is 11.4. The number of nitro benzene ring substituents is 1. The van der Waals surface area contributed by atoms with Gasteiger partial charge in [-0.2, -0.15) is 4.31 Å². The molecule has 0 amide bonds. The van der Waals surface area contributed by atoms with Gasteiger partial charge in [-0.15, -0.1) is 11.3 Å². The van der Waals surface area contributed by atoms with Crippen LogP contribution in [0.1, 0.15) is 23.3 Å². The van der Waals surface area contributed by atoms with Crippen molar-refractivity contribution in [2.24, 2.45) is 0 Å². The van der Waals surface area contributed by atoms with Crippen molar-refractivity contribution in [2.75, 3.05) is 0 Å². The Kier molecular flexibility index (Phi) is 4.65. The Morgan fingerprint density at radius 2 is 2.12 bits per heavy atom. The fourth-order valence-electron chi connectivity index (χ4n) is 2.44. The summed E-state index contributed by atoms with van der Waals surface area (Å²) in [6.45, 7) is 1.77. The van der Waals surface area contributed by atoms with E-state index < -0.39 is 14.9 Å². The maximum atomic E-state index is 13.0. The van der Waals surface area contributed by atoms with Gasteiger partial charge in [-0.1, -0.05) is 17.7 Å². The molecule has 0 bridgehead atoms. The fraction of sp³-hybridized carbons (Fsp3) is 0.333. The van der Waals surface area contributed by atoms with Crippen LogP contribution in [-0.2, 0) is 16.6 Å². The average molecular weight is 387 g/mol. The molecule has 24 heavy (non-hydrogen) atoms. The number of halogens is 1. The summed E-state index contributed by atoms with van der Waals surface area (Å²) >= 11 is 7.51. The van der Waals surface area contributed by atoms with Gasteiger partial charge in [0.15, 0.2) is 0 Å². The van der Waals surface area contributed by atoms with E-state index in [9.17, 15) is 18.5 Å². The molecule has 0 saturated heterocycles. The number of rotatable bonds is 6. The average Bonchev–Trinajstić information content (AvgIpc) is 3.22. The monoisotopic (exact) mass is 386 g/mol. The predicted molar refractivity (Wildman–Crippen MR) is 92.9 cm³/mol. The molecule has 0 spiro atoms. The van der Waals surface area contributed by atoms with E-state index in [1.807, 2.05) is 17.5 Å². The maximum Gasteiger partial charge on any atom is 0.275 e. The minimum Gasteiger partial charge on any atom is -0.258 e. The number of nitro groups is 1. The van der Waals surface area contributed by atoms with Gasteiger partial charge in [-0.3, -0.25) is 10.1 Å². The third-order valence-electron chi connectivity index (χ3n) is 3.94. The van der Waals surface area contributed by atoms with Gasteiger partial charge in [0.25, 0.3) is 5.69 Å². The smallest absolute Gasteiger partial charge is 0.258 e. The molecule has 1 aliphatic carbocycles. The standard InChI is InChI=1S/C15H15ClN2O4S2/c1-10-14(16)7-13(8-15(10)18(19)20)24(21,22)17(11-4-5-11)9-12-3-2-6-23-12/h2-3,6-8,11H,4-5,9H2,1H3. The number of nitrogens with zero attached hydrogens (tertiary/aromatic N) is 2. The Labute approximate surface area is 148 Å². The first kappa shape index (κ1) is 17.3. The van der Waals surface area contributed by atoms with Crippen LogP contribution in [0.2, 0.25) is 5.02 Å². The molecular weight excluding hydrogens is 372 g/mol. The molecule has 0 unspecified atom stereocenters. The largest absolute Gasteiger partial charge is 0.275 e. The van der Waals surface area contributed by atoms with Gasteiger partial charge in [-0.05, 0) is 37.3 Å². The highest BCUT2D eigenvalue weighted by atomic mass is 35.5. The molecule has 1 aliphatic rings. The van der Waals surface area contributed by atoms with Crippen molar-refractivity contribution in [2.45, 2.75) is 37.2 Å². The van der Waals surface area contributed by atoms with E-state index >= 15 is 0 Å². The lowest BCUT2D eigenvalue weighted by Gasteiger charge is -2.21. The lowest BCUT2D eigenvalue weighted by atomic mass is 10.2. The Hall–Kier alpha value is -1.48. The first-order chi connectivity index (χ1) is 11.3. The minimum absolute atomic E-state index is 0.0590. The normalized spacial score (nSPS) is 15.0. The third kappa shape index (κ3) is 3.32. The van der Waals surface area contributed by atoms with Crippen molar-refractivity contribution in [3.63, 3.8) is 0 Å². The van der Waals surface area contributed by atoms with Crippen molar-refractivity contribution >= 4 is 38.6 Å². The molecule has 1 heterocycles. The van der Waals surface area contributed by atoms with E-state index in [0.717, 1.165) is 23.8 Å². The number of sulfonamides is 1. The molecule has 3 rings (SSSR count). The molecule has 0 aliphatic heterocycles. The summed E-state index contributed by atoms with van der Waals surface area (Å²) in [7, 11) is -3.86. The van der Waals surface area contributed by atoms with Gasteiger partial charge in [0.05, 0.1) is 14.8 Å². The number of benzene rings is 1. The SMILES string of the molecule is Cc1c(Cl)cc(S(=O)(=O)N(Cc2cccs2)C2CC2)cc1[N+](=O)[O-]. The van der Waals surface area contributed by atoms with Gasteiger partial charge in [0.2, 0.25) is 10.0 Å². The van der Waals surface area contributed by atoms with Crippen LogP contribution in [0.25, 0.3) is 0 Å². The Morgan fingerprint density at radius 1 is 1.42 bits per heavy atom. The molecule has 6 nitrogen and oxygen atoms in total. The highest BCUT2D eigenvalue weighted by Crippen LogP contribution is 2.37. The van der Waals surface area contributed by atoms with Crippen LogP contribution in [0.4, 0.5) is 5.69 Å². The van der Waals surface area contributed by atoms with Crippen LogP contribution >= 0.6 is 22.9 Å². The van der Waals surface area contributed by atoms with E-state index in [4.69, 9.17) is 11.6 Å². The van der Waals surface area contributed by atoms with Crippen molar-refractivity contribution in [1.82, 2.24) is 4.31 Å². The summed E-state index contributed by atoms with van der Waals surface area (Å²) in [5.41, 5.74) is -0.0233. The summed E-state index contributed by atoms with van der Waals surface area (Å²) in [6.07, 6.45) is 1.60. The minimum atomic E-state index is -3.86. The van der Waals surface area contributed by atoms with E-state index in [2.05, 4.69) is 0 Å². The molecular formula is C15H15ClN2O4S2. The summed E-state index contributed by atoms with van der Waals surface area (Å²) < 4.78 is 27.5. The first-order valence-corrected chi connectivity index (χ1v) is 9.99. The zero-order chi connectivity index (χ0) is 17.5. The zero-order valence-electron chi connectivity index (χ0n) is 12.8. The lowest BCUT2D eigenvalue weighted by Crippen LogP contribution is -2.32. The molecule has 0 radical (unpaired) electrons. The van der Waals surface area contributed by atoms with Crippen LogP contribution in [0.15, 0.2) is 34.5 Å². The molecule has 1 aromatic carbocycles. The fourth-order valence-corrected chi connectivity index (χ4v) is 5.22. The van der Waals surface area contributed by atoms with Crippen LogP contribution in [-0.4, -0.2) is 23.7 Å². The second-order valence-corrected chi connectivity index (χ2v) is 9.00. The Balaban J connectivity index is 2.03. The Bertz CT molecular complexity index is 877. The molecule has 128 valence electrons. The summed E-state index contributed by atoms with van der Waals surface area (Å²) in [5.74, 6) is 0. The van der Waals surface area contributed by atoms with Crippen LogP contribution in [0.3, 0.4) is 0 Å². The van der Waals surface area contributed by atoms with E-state index in [1.165, 1.54) is 28.6 Å². The maximum absolute atomic E-state index is 13.0. The molecule has 9 heteroatoms. The summed E-state index contributed by atoms with van der Waals surface area (Å²) in [5, 5.41) is 13.1. The van der Waals surface area contributed by atoms with Crippen molar-refractivity contribution in [1.29, 1.82) is 0 Å². The van der Waals surface area contributed by atoms with Gasteiger partial charge in [0, 0.05) is 29.1 Å². The van der Waals surface area contributed by atoms with E-state index in [0.29, 0.717) is 0 Å². The van der Waals surface area contributed by atoms with Crippen molar-refractivity contribution < 1.29 is 13.3 Å². The predicted octanol–water partition coefficient (Wildman–Crippen LogP) is 3.97. The second-order valence-electron chi connectivity index (χ2n) is 5.67. The highest BCUT2D eigenvalue weighted by molar-refractivity contribution is 7.89. The van der Waals surface area contributed by atoms with Crippen molar-refractivity contribution in [3.05, 3.63) is 55.2 Å².